The third kappa shape index (κ3) is 3.68. The van der Waals surface area contributed by atoms with Crippen molar-refractivity contribution in [2.75, 3.05) is 20.3 Å². The number of methoxy groups -OCH3 is 1. The van der Waals surface area contributed by atoms with Gasteiger partial charge in [0.25, 0.3) is 11.7 Å². The molecule has 6 nitrogen and oxygen atoms in total. The summed E-state index contributed by atoms with van der Waals surface area (Å²) < 4.78 is 11.2. The lowest BCUT2D eigenvalue weighted by molar-refractivity contribution is -0.140. The number of aliphatic hydroxyl groups is 1. The molecule has 2 aliphatic heterocycles. The first-order valence-corrected chi connectivity index (χ1v) is 10.2. The fraction of sp³-hybridized carbons (Fsp3) is 0.304. The molecule has 1 amide bonds. The lowest BCUT2D eigenvalue weighted by atomic mass is 9.94. The van der Waals surface area contributed by atoms with E-state index in [1.54, 1.807) is 36.4 Å². The van der Waals surface area contributed by atoms with E-state index in [4.69, 9.17) is 21.1 Å². The number of aliphatic hydroxyl groups excluding tert-OH is 1. The Morgan fingerprint density at radius 3 is 2.60 bits per heavy atom. The number of ether oxygens (including phenoxy) is 2. The summed E-state index contributed by atoms with van der Waals surface area (Å²) in [5, 5.41) is 11.5. The summed E-state index contributed by atoms with van der Waals surface area (Å²) in [4.78, 5) is 27.5. The lowest BCUT2D eigenvalue weighted by Crippen LogP contribution is -2.36. The molecule has 1 N–H and O–H groups in total. The number of ketones is 1. The second-order valence-corrected chi connectivity index (χ2v) is 7.77. The highest BCUT2D eigenvalue weighted by molar-refractivity contribution is 6.46. The van der Waals surface area contributed by atoms with Crippen molar-refractivity contribution in [2.24, 2.45) is 0 Å². The summed E-state index contributed by atoms with van der Waals surface area (Å²) in [6.45, 7) is 0.906. The highest BCUT2D eigenvalue weighted by Gasteiger charge is 2.47. The maximum Gasteiger partial charge on any atom is 0.295 e. The van der Waals surface area contributed by atoms with Crippen LogP contribution in [0.25, 0.3) is 5.76 Å². The van der Waals surface area contributed by atoms with E-state index in [1.807, 2.05) is 12.1 Å². The molecule has 2 aromatic rings. The van der Waals surface area contributed by atoms with E-state index in [9.17, 15) is 14.7 Å². The van der Waals surface area contributed by atoms with Gasteiger partial charge in [-0.3, -0.25) is 9.59 Å². The van der Waals surface area contributed by atoms with Crippen molar-refractivity contribution in [2.45, 2.75) is 25.0 Å². The number of carbonyl (C=O) groups excluding carboxylic acids is 2. The van der Waals surface area contributed by atoms with Crippen molar-refractivity contribution in [1.82, 2.24) is 4.90 Å². The van der Waals surface area contributed by atoms with Gasteiger partial charge in [-0.15, -0.1) is 0 Å². The van der Waals surface area contributed by atoms with Gasteiger partial charge in [0.2, 0.25) is 0 Å². The van der Waals surface area contributed by atoms with E-state index in [0.717, 1.165) is 12.8 Å². The Hall–Kier alpha value is -2.83. The minimum Gasteiger partial charge on any atom is -0.507 e. The van der Waals surface area contributed by atoms with Gasteiger partial charge < -0.3 is 19.5 Å². The molecule has 0 aliphatic carbocycles. The molecule has 4 rings (SSSR count). The van der Waals surface area contributed by atoms with E-state index < -0.39 is 17.7 Å². The van der Waals surface area contributed by atoms with Crippen molar-refractivity contribution in [3.8, 4) is 5.75 Å². The summed E-state index contributed by atoms with van der Waals surface area (Å²) in [5.41, 5.74) is 1.08. The number of hydrogen-bond acceptors (Lipinski definition) is 5. The van der Waals surface area contributed by atoms with Crippen LogP contribution in [0.5, 0.6) is 5.75 Å². The summed E-state index contributed by atoms with van der Waals surface area (Å²) >= 11 is 5.95. The van der Waals surface area contributed by atoms with Crippen LogP contribution in [0.2, 0.25) is 5.02 Å². The molecule has 30 heavy (non-hydrogen) atoms. The molecule has 2 aromatic carbocycles. The number of nitrogens with zero attached hydrogens (tertiary/aromatic N) is 1. The van der Waals surface area contributed by atoms with Crippen LogP contribution < -0.4 is 4.74 Å². The topological polar surface area (TPSA) is 76.1 Å². The first-order valence-electron chi connectivity index (χ1n) is 9.80. The number of halogens is 1. The minimum atomic E-state index is -0.777. The van der Waals surface area contributed by atoms with Gasteiger partial charge >= 0.3 is 0 Å². The molecule has 0 saturated carbocycles. The number of benzene rings is 2. The number of rotatable bonds is 5. The van der Waals surface area contributed by atoms with Gasteiger partial charge in [-0.25, -0.2) is 0 Å². The molecule has 0 bridgehead atoms. The average Bonchev–Trinajstić information content (AvgIpc) is 3.36. The van der Waals surface area contributed by atoms with E-state index in [1.165, 1.54) is 12.0 Å². The predicted octanol–water partition coefficient (Wildman–Crippen LogP) is 3.95. The second-order valence-electron chi connectivity index (χ2n) is 7.34. The van der Waals surface area contributed by atoms with Gasteiger partial charge in [-0.1, -0.05) is 29.8 Å². The molecule has 2 fully saturated rings. The molecule has 156 valence electrons. The first-order chi connectivity index (χ1) is 14.5. The van der Waals surface area contributed by atoms with Gasteiger partial charge in [0, 0.05) is 29.3 Å². The first kappa shape index (κ1) is 20.4. The minimum absolute atomic E-state index is 0.0322. The van der Waals surface area contributed by atoms with Crippen LogP contribution in [0.1, 0.15) is 30.0 Å². The van der Waals surface area contributed by atoms with Crippen molar-refractivity contribution in [1.29, 1.82) is 0 Å². The van der Waals surface area contributed by atoms with Crippen LogP contribution in [-0.4, -0.2) is 48.1 Å². The third-order valence-electron chi connectivity index (χ3n) is 5.52. The van der Waals surface area contributed by atoms with Crippen LogP contribution in [0.15, 0.2) is 54.1 Å². The highest BCUT2D eigenvalue weighted by Crippen LogP contribution is 2.43. The number of hydrogen-bond donors (Lipinski definition) is 1. The van der Waals surface area contributed by atoms with Crippen LogP contribution in [0.3, 0.4) is 0 Å². The smallest absolute Gasteiger partial charge is 0.295 e. The van der Waals surface area contributed by atoms with E-state index in [-0.39, 0.29) is 24.0 Å². The Kier molecular flexibility index (Phi) is 5.79. The van der Waals surface area contributed by atoms with Crippen LogP contribution in [-0.2, 0) is 14.3 Å². The Labute approximate surface area is 179 Å². The molecule has 2 aliphatic rings. The fourth-order valence-electron chi connectivity index (χ4n) is 4.05. The van der Waals surface area contributed by atoms with Crippen molar-refractivity contribution in [3.05, 3.63) is 70.3 Å². The molecule has 0 radical (unpaired) electrons. The second kappa shape index (κ2) is 8.50. The number of para-hydroxylation sites is 1. The number of Topliss-reactive ketones (excluding diaryl/α,β-unsaturated/α-hetero) is 1. The summed E-state index contributed by atoms with van der Waals surface area (Å²) in [6, 6.07) is 12.9. The zero-order chi connectivity index (χ0) is 21.3. The van der Waals surface area contributed by atoms with E-state index >= 15 is 0 Å². The largest absolute Gasteiger partial charge is 0.507 e. The maximum absolute atomic E-state index is 13.0. The zero-order valence-corrected chi connectivity index (χ0v) is 17.3. The molecular weight excluding hydrogens is 406 g/mol. The van der Waals surface area contributed by atoms with Gasteiger partial charge in [-0.2, -0.15) is 0 Å². The van der Waals surface area contributed by atoms with Crippen LogP contribution in [0, 0.1) is 0 Å². The maximum atomic E-state index is 13.0. The number of likely N-dealkylation sites (tertiary alicyclic amines) is 1. The quantitative estimate of drug-likeness (QED) is 0.444. The third-order valence-corrected chi connectivity index (χ3v) is 5.77. The fourth-order valence-corrected chi connectivity index (χ4v) is 4.18. The van der Waals surface area contributed by atoms with Crippen LogP contribution in [0.4, 0.5) is 0 Å². The Morgan fingerprint density at radius 1 is 1.20 bits per heavy atom. The Bertz CT molecular complexity index is 995. The summed E-state index contributed by atoms with van der Waals surface area (Å²) in [6.07, 6.45) is 1.59. The van der Waals surface area contributed by atoms with Gasteiger partial charge in [0.1, 0.15) is 11.5 Å². The standard InChI is InChI=1S/C23H22ClNO5/c1-29-18-7-3-2-6-17(18)20-19(21(26)14-8-10-15(24)11-9-14)22(27)23(28)25(20)13-16-5-4-12-30-16/h2-3,6-11,16,20,26H,4-5,12-13H2,1H3/b21-19+/t16-,20-/m1/s1. The van der Waals surface area contributed by atoms with Gasteiger partial charge in [0.05, 0.1) is 24.8 Å². The van der Waals surface area contributed by atoms with Crippen LogP contribution >= 0.6 is 11.6 Å². The van der Waals surface area contributed by atoms with E-state index in [0.29, 0.717) is 28.5 Å². The SMILES string of the molecule is COc1ccccc1[C@@H]1/C(=C(\O)c2ccc(Cl)cc2)C(=O)C(=O)N1C[C@H]1CCCO1. The molecule has 0 aromatic heterocycles. The zero-order valence-electron chi connectivity index (χ0n) is 16.5. The molecular formula is C23H22ClNO5. The number of amides is 1. The molecule has 0 unspecified atom stereocenters. The molecule has 2 saturated heterocycles. The summed E-state index contributed by atoms with van der Waals surface area (Å²) in [7, 11) is 1.53. The molecule has 2 heterocycles. The molecule has 0 spiro atoms. The molecule has 2 atom stereocenters. The van der Waals surface area contributed by atoms with Gasteiger partial charge in [0.15, 0.2) is 0 Å². The van der Waals surface area contributed by atoms with Crippen molar-refractivity contribution >= 4 is 29.1 Å². The van der Waals surface area contributed by atoms with Gasteiger partial charge in [-0.05, 0) is 43.2 Å². The monoisotopic (exact) mass is 427 g/mol. The van der Waals surface area contributed by atoms with E-state index in [2.05, 4.69) is 0 Å². The average molecular weight is 428 g/mol. The lowest BCUT2D eigenvalue weighted by Gasteiger charge is -2.28. The normalized spacial score (nSPS) is 23.2. The summed E-state index contributed by atoms with van der Waals surface area (Å²) in [5.74, 6) is -1.09. The highest BCUT2D eigenvalue weighted by atomic mass is 35.5. The Morgan fingerprint density at radius 2 is 1.93 bits per heavy atom. The number of carbonyl (C=O) groups is 2. The van der Waals surface area contributed by atoms with Crippen molar-refractivity contribution in [3.63, 3.8) is 0 Å². The molecule has 7 heteroatoms. The van der Waals surface area contributed by atoms with Crippen molar-refractivity contribution < 1.29 is 24.2 Å². The predicted molar refractivity (Wildman–Crippen MR) is 112 cm³/mol. The Balaban J connectivity index is 1.86.